The van der Waals surface area contributed by atoms with Gasteiger partial charge in [0.1, 0.15) is 5.76 Å². The van der Waals surface area contributed by atoms with Crippen molar-refractivity contribution in [1.82, 2.24) is 15.0 Å². The molecule has 0 spiro atoms. The van der Waals surface area contributed by atoms with Gasteiger partial charge in [-0.3, -0.25) is 4.79 Å². The second-order valence-electron chi connectivity index (χ2n) is 6.82. The number of nitrogens with one attached hydrogen (secondary N) is 1. The van der Waals surface area contributed by atoms with E-state index in [0.717, 1.165) is 32.8 Å². The summed E-state index contributed by atoms with van der Waals surface area (Å²) >= 11 is 1.44. The molecular weight excluding hydrogens is 362 g/mol. The predicted molar refractivity (Wildman–Crippen MR) is 103 cm³/mol. The summed E-state index contributed by atoms with van der Waals surface area (Å²) in [5, 5.41) is 16.6. The second-order valence-corrected chi connectivity index (χ2v) is 7.85. The maximum Gasteiger partial charge on any atom is 0.231 e. The van der Waals surface area contributed by atoms with Crippen LogP contribution in [0.3, 0.4) is 0 Å². The minimum absolute atomic E-state index is 0.0785. The van der Waals surface area contributed by atoms with Gasteiger partial charge in [-0.05, 0) is 44.9 Å². The van der Waals surface area contributed by atoms with Crippen molar-refractivity contribution in [3.8, 4) is 17.3 Å². The number of nitriles is 1. The average Bonchev–Trinajstić information content (AvgIpc) is 3.30. The summed E-state index contributed by atoms with van der Waals surface area (Å²) in [6.07, 6.45) is 2.82. The number of benzene rings is 1. The van der Waals surface area contributed by atoms with Gasteiger partial charge >= 0.3 is 0 Å². The molecule has 0 saturated carbocycles. The molecule has 2 atom stereocenters. The molecule has 27 heavy (non-hydrogen) atoms. The number of fused-ring (bicyclic) bond motifs is 1. The molecule has 1 aliphatic rings. The normalized spacial score (nSPS) is 19.4. The number of aryl methyl sites for hydroxylation is 2. The first kappa shape index (κ1) is 17.5. The Morgan fingerprint density at radius 3 is 2.93 bits per heavy atom. The van der Waals surface area contributed by atoms with E-state index >= 15 is 0 Å². The Morgan fingerprint density at radius 2 is 2.26 bits per heavy atom. The third-order valence-electron chi connectivity index (χ3n) is 5.16. The van der Waals surface area contributed by atoms with Gasteiger partial charge in [0.15, 0.2) is 11.3 Å². The number of nitrogens with zero attached hydrogens (tertiary/aromatic N) is 4. The van der Waals surface area contributed by atoms with E-state index < -0.39 is 0 Å². The van der Waals surface area contributed by atoms with Crippen molar-refractivity contribution in [3.63, 3.8) is 0 Å². The van der Waals surface area contributed by atoms with E-state index in [1.807, 2.05) is 39.0 Å². The molecule has 1 saturated heterocycles. The molecular formula is C19H19N5O2S. The van der Waals surface area contributed by atoms with Crippen LogP contribution in [0, 0.1) is 31.2 Å². The van der Waals surface area contributed by atoms with Gasteiger partial charge in [0, 0.05) is 18.2 Å². The Labute approximate surface area is 160 Å². The molecule has 3 heterocycles. The topological polar surface area (TPSA) is 95.1 Å². The first-order chi connectivity index (χ1) is 13.0. The Bertz CT molecular complexity index is 1040. The van der Waals surface area contributed by atoms with Crippen molar-refractivity contribution in [2.24, 2.45) is 5.92 Å². The van der Waals surface area contributed by atoms with Gasteiger partial charge in [0.05, 0.1) is 21.8 Å². The van der Waals surface area contributed by atoms with Crippen LogP contribution in [0.1, 0.15) is 24.8 Å². The van der Waals surface area contributed by atoms with Crippen LogP contribution in [0.15, 0.2) is 22.7 Å². The molecule has 4 rings (SSSR count). The lowest BCUT2D eigenvalue weighted by Crippen LogP contribution is -2.32. The minimum atomic E-state index is -0.200. The van der Waals surface area contributed by atoms with Gasteiger partial charge in [-0.25, -0.2) is 4.98 Å². The Hall–Kier alpha value is -2.92. The van der Waals surface area contributed by atoms with E-state index in [1.54, 1.807) is 4.90 Å². The number of amides is 1. The number of anilines is 1. The molecule has 1 amide bonds. The lowest BCUT2D eigenvalue weighted by atomic mass is 10.0. The van der Waals surface area contributed by atoms with Gasteiger partial charge in [-0.15, -0.1) is 0 Å². The molecule has 7 nitrogen and oxygen atoms in total. The Balaban J connectivity index is 1.58. The molecule has 2 aromatic heterocycles. The summed E-state index contributed by atoms with van der Waals surface area (Å²) in [6.45, 7) is 6.35. The van der Waals surface area contributed by atoms with Crippen LogP contribution in [-0.4, -0.2) is 33.5 Å². The summed E-state index contributed by atoms with van der Waals surface area (Å²) in [5.74, 6) is 0.502. The highest BCUT2D eigenvalue weighted by Gasteiger charge is 2.35. The molecule has 1 fully saturated rings. The molecule has 0 radical (unpaired) electrons. The van der Waals surface area contributed by atoms with Crippen molar-refractivity contribution in [2.75, 3.05) is 11.9 Å². The van der Waals surface area contributed by atoms with E-state index in [9.17, 15) is 4.79 Å². The first-order valence-corrected chi connectivity index (χ1v) is 9.60. The van der Waals surface area contributed by atoms with Crippen LogP contribution < -0.4 is 5.32 Å². The fourth-order valence-corrected chi connectivity index (χ4v) is 4.57. The van der Waals surface area contributed by atoms with Crippen LogP contribution in [0.4, 0.5) is 5.13 Å². The van der Waals surface area contributed by atoms with Gasteiger partial charge in [0.25, 0.3) is 0 Å². The lowest BCUT2D eigenvalue weighted by Gasteiger charge is -2.18. The van der Waals surface area contributed by atoms with Crippen LogP contribution >= 0.6 is 11.3 Å². The van der Waals surface area contributed by atoms with E-state index in [1.165, 1.54) is 11.3 Å². The molecule has 1 N–H and O–H groups in total. The number of carbonyl (C=O) groups is 1. The number of aromatic nitrogens is 2. The minimum Gasteiger partial charge on any atom is -0.361 e. The molecule has 138 valence electrons. The number of hydrogen-bond acceptors (Lipinski definition) is 7. The number of carbonyl (C=O) groups excluding carboxylic acids is 1. The lowest BCUT2D eigenvalue weighted by molar-refractivity contribution is -0.120. The van der Waals surface area contributed by atoms with Crippen LogP contribution in [0.5, 0.6) is 0 Å². The quantitative estimate of drug-likeness (QED) is 0.695. The monoisotopic (exact) mass is 381 g/mol. The average molecular weight is 381 g/mol. The number of likely N-dealkylation sites (tertiary alicyclic amines) is 1. The summed E-state index contributed by atoms with van der Waals surface area (Å²) in [4.78, 5) is 18.8. The number of rotatable bonds is 3. The van der Waals surface area contributed by atoms with Crippen molar-refractivity contribution in [3.05, 3.63) is 29.7 Å². The molecule has 0 unspecified atom stereocenters. The Kier molecular flexibility index (Phi) is 4.32. The summed E-state index contributed by atoms with van der Waals surface area (Å²) < 4.78 is 6.25. The summed E-state index contributed by atoms with van der Waals surface area (Å²) in [5.41, 5.74) is 3.70. The number of hydrogen-bond donors (Lipinski definition) is 1. The van der Waals surface area contributed by atoms with Gasteiger partial charge in [-0.2, -0.15) is 5.26 Å². The molecule has 8 heteroatoms. The van der Waals surface area contributed by atoms with Crippen molar-refractivity contribution in [1.29, 1.82) is 5.26 Å². The largest absolute Gasteiger partial charge is 0.361 e. The van der Waals surface area contributed by atoms with Gasteiger partial charge < -0.3 is 14.7 Å². The van der Waals surface area contributed by atoms with Crippen molar-refractivity contribution >= 4 is 32.6 Å². The highest BCUT2D eigenvalue weighted by molar-refractivity contribution is 7.22. The zero-order valence-electron chi connectivity index (χ0n) is 15.3. The van der Waals surface area contributed by atoms with E-state index in [2.05, 4.69) is 21.7 Å². The standard InChI is InChI=1S/C19H19N5O2S/c1-10-17(12(3)26-23-10)13-4-5-15-16(8-13)27-19(21-15)22-18(25)14-6-7-24(9-20)11(14)2/h4-5,8,11,14H,6-7H2,1-3H3,(H,21,22,25)/t11-,14-/m0/s1. The third-order valence-corrected chi connectivity index (χ3v) is 6.09. The highest BCUT2D eigenvalue weighted by atomic mass is 32.1. The molecule has 0 bridgehead atoms. The maximum atomic E-state index is 12.6. The van der Waals surface area contributed by atoms with E-state index in [4.69, 9.17) is 9.78 Å². The van der Waals surface area contributed by atoms with E-state index in [-0.39, 0.29) is 17.9 Å². The molecule has 1 aromatic carbocycles. The van der Waals surface area contributed by atoms with Crippen LogP contribution in [-0.2, 0) is 4.79 Å². The SMILES string of the molecule is Cc1noc(C)c1-c1ccc2nc(NC(=O)[C@H]3CCN(C#N)[C@H]3C)sc2c1. The third kappa shape index (κ3) is 3.04. The Morgan fingerprint density at radius 1 is 1.44 bits per heavy atom. The predicted octanol–water partition coefficient (Wildman–Crippen LogP) is 3.70. The van der Waals surface area contributed by atoms with Crippen LogP contribution in [0.25, 0.3) is 21.3 Å². The van der Waals surface area contributed by atoms with E-state index in [0.29, 0.717) is 18.1 Å². The molecule has 0 aliphatic carbocycles. The smallest absolute Gasteiger partial charge is 0.231 e. The summed E-state index contributed by atoms with van der Waals surface area (Å²) in [7, 11) is 0. The highest BCUT2D eigenvalue weighted by Crippen LogP contribution is 2.34. The fourth-order valence-electron chi connectivity index (χ4n) is 3.66. The van der Waals surface area contributed by atoms with Crippen molar-refractivity contribution < 1.29 is 9.32 Å². The fraction of sp³-hybridized carbons (Fsp3) is 0.368. The zero-order chi connectivity index (χ0) is 19.1. The van der Waals surface area contributed by atoms with Crippen LogP contribution in [0.2, 0.25) is 0 Å². The molecule has 3 aromatic rings. The maximum absolute atomic E-state index is 12.6. The zero-order valence-corrected chi connectivity index (χ0v) is 16.1. The van der Waals surface area contributed by atoms with Gasteiger partial charge in [-0.1, -0.05) is 22.6 Å². The molecule has 1 aliphatic heterocycles. The second kappa shape index (κ2) is 6.67. The van der Waals surface area contributed by atoms with Crippen molar-refractivity contribution in [2.45, 2.75) is 33.2 Å². The first-order valence-electron chi connectivity index (χ1n) is 8.79. The van der Waals surface area contributed by atoms with Gasteiger partial charge in [0.2, 0.25) is 5.91 Å². The summed E-state index contributed by atoms with van der Waals surface area (Å²) in [6, 6.07) is 5.89. The number of thiazole rings is 1.